The Morgan fingerprint density at radius 1 is 1.00 bits per heavy atom. The second-order valence-electron chi connectivity index (χ2n) is 9.35. The zero-order valence-electron chi connectivity index (χ0n) is 21.1. The van der Waals surface area contributed by atoms with Gasteiger partial charge in [-0.3, -0.25) is 0 Å². The smallest absolute Gasteiger partial charge is 0.0546 e. The van der Waals surface area contributed by atoms with Crippen LogP contribution >= 0.6 is 11.6 Å². The molecular weight excluding hydrogens is 436 g/mol. The Hall–Kier alpha value is -2.29. The molecule has 1 N–H and O–H groups in total. The molecule has 2 aromatic carbocycles. The lowest BCUT2D eigenvalue weighted by atomic mass is 10.00. The Balaban J connectivity index is 1.75. The fraction of sp³-hybridized carbons (Fsp3) is 0.419. The fourth-order valence-corrected chi connectivity index (χ4v) is 4.91. The van der Waals surface area contributed by atoms with E-state index in [-0.39, 0.29) is 0 Å². The van der Waals surface area contributed by atoms with Crippen LogP contribution in [-0.2, 0) is 6.42 Å². The highest BCUT2D eigenvalue weighted by Crippen LogP contribution is 2.36. The predicted molar refractivity (Wildman–Crippen MR) is 153 cm³/mol. The van der Waals surface area contributed by atoms with Crippen LogP contribution in [0.15, 0.2) is 55.8 Å². The van der Waals surface area contributed by atoms with Crippen molar-refractivity contribution in [1.29, 1.82) is 0 Å². The normalized spacial score (nSPS) is 11.3. The van der Waals surface area contributed by atoms with Crippen LogP contribution in [0, 0.1) is 0 Å². The molecule has 0 spiro atoms. The molecule has 2 nitrogen and oxygen atoms in total. The van der Waals surface area contributed by atoms with Gasteiger partial charge in [-0.25, -0.2) is 0 Å². The Labute approximate surface area is 211 Å². The van der Waals surface area contributed by atoms with Gasteiger partial charge in [-0.15, -0.1) is 0 Å². The summed E-state index contributed by atoms with van der Waals surface area (Å²) in [5, 5.41) is 5.16. The monoisotopic (exact) mass is 476 g/mol. The van der Waals surface area contributed by atoms with E-state index in [2.05, 4.69) is 72.6 Å². The van der Waals surface area contributed by atoms with Crippen LogP contribution in [0.1, 0.15) is 75.8 Å². The van der Waals surface area contributed by atoms with Gasteiger partial charge in [0.1, 0.15) is 0 Å². The third-order valence-corrected chi connectivity index (χ3v) is 7.02. The minimum absolute atomic E-state index is 0.772. The minimum atomic E-state index is 0.772. The Morgan fingerprint density at radius 3 is 2.38 bits per heavy atom. The molecule has 0 bridgehead atoms. The molecule has 3 aromatic rings. The molecule has 0 amide bonds. The molecule has 0 atom stereocenters. The van der Waals surface area contributed by atoms with Gasteiger partial charge in [0.25, 0.3) is 0 Å². The summed E-state index contributed by atoms with van der Waals surface area (Å²) in [5.41, 5.74) is 6.93. The third kappa shape index (κ3) is 6.87. The first kappa shape index (κ1) is 26.3. The number of hydrogen-bond donors (Lipinski definition) is 1. The molecule has 3 rings (SSSR count). The van der Waals surface area contributed by atoms with Crippen molar-refractivity contribution in [3.05, 3.63) is 71.9 Å². The van der Waals surface area contributed by atoms with Crippen LogP contribution in [-0.4, -0.2) is 18.2 Å². The van der Waals surface area contributed by atoms with Gasteiger partial charge in [-0.05, 0) is 68.1 Å². The van der Waals surface area contributed by atoms with Crippen molar-refractivity contribution in [3.8, 4) is 11.1 Å². The van der Waals surface area contributed by atoms with Crippen molar-refractivity contribution < 1.29 is 0 Å². The molecule has 0 radical (unpaired) electrons. The average molecular weight is 477 g/mol. The standard InChI is InChI=1S/C31H41ClN2/c1-5-7-8-9-10-11-12-14-24(3)34-23-26(6-2)29-21-28(30(32)22-31(29)34)27-18-16-25(17-19-27)15-13-20-33-4/h6,16-19,21-23,33H,2-3,5,7-15,20H2,1,4H3. The summed E-state index contributed by atoms with van der Waals surface area (Å²) >= 11 is 6.82. The van der Waals surface area contributed by atoms with Crippen molar-refractivity contribution in [3.63, 3.8) is 0 Å². The van der Waals surface area contributed by atoms with Crippen molar-refractivity contribution in [2.24, 2.45) is 0 Å². The number of benzene rings is 2. The lowest BCUT2D eigenvalue weighted by Gasteiger charge is -2.11. The highest BCUT2D eigenvalue weighted by atomic mass is 35.5. The number of unbranched alkanes of at least 4 members (excludes halogenated alkanes) is 6. The molecule has 3 heteroatoms. The van der Waals surface area contributed by atoms with Gasteiger partial charge in [0.05, 0.1) is 10.5 Å². The second kappa shape index (κ2) is 13.6. The fourth-order valence-electron chi connectivity index (χ4n) is 4.64. The number of nitrogens with zero attached hydrogens (tertiary/aromatic N) is 1. The summed E-state index contributed by atoms with van der Waals surface area (Å²) < 4.78 is 2.21. The van der Waals surface area contributed by atoms with Crippen LogP contribution in [0.3, 0.4) is 0 Å². The van der Waals surface area contributed by atoms with Crippen molar-refractivity contribution in [1.82, 2.24) is 9.88 Å². The van der Waals surface area contributed by atoms with Crippen LogP contribution in [0.25, 0.3) is 33.8 Å². The maximum atomic E-state index is 6.82. The Kier molecular flexibility index (Phi) is 10.5. The quantitative estimate of drug-likeness (QED) is 0.216. The molecule has 1 heterocycles. The zero-order chi connectivity index (χ0) is 24.3. The van der Waals surface area contributed by atoms with Gasteiger partial charge in [0.15, 0.2) is 0 Å². The SMILES string of the molecule is C=Cc1cn(C(=C)CCCCCCCCC)c2cc(Cl)c(-c3ccc(CCCNC)cc3)cc12. The minimum Gasteiger partial charge on any atom is -0.320 e. The van der Waals surface area contributed by atoms with E-state index in [9.17, 15) is 0 Å². The number of aromatic nitrogens is 1. The molecule has 0 aliphatic rings. The Bertz CT molecular complexity index is 1080. The summed E-state index contributed by atoms with van der Waals surface area (Å²) in [6.07, 6.45) is 16.5. The summed E-state index contributed by atoms with van der Waals surface area (Å²) in [5.74, 6) is 0. The van der Waals surface area contributed by atoms with E-state index in [0.717, 1.165) is 58.7 Å². The molecule has 0 saturated heterocycles. The van der Waals surface area contributed by atoms with E-state index in [1.54, 1.807) is 0 Å². The van der Waals surface area contributed by atoms with Gasteiger partial charge in [-0.2, -0.15) is 0 Å². The molecular formula is C31H41ClN2. The van der Waals surface area contributed by atoms with Gasteiger partial charge in [0.2, 0.25) is 0 Å². The first-order valence-corrected chi connectivity index (χ1v) is 13.4. The van der Waals surface area contributed by atoms with E-state index < -0.39 is 0 Å². The maximum Gasteiger partial charge on any atom is 0.0546 e. The van der Waals surface area contributed by atoms with E-state index in [4.69, 9.17) is 11.6 Å². The highest BCUT2D eigenvalue weighted by Gasteiger charge is 2.14. The number of nitrogens with one attached hydrogen (secondary N) is 1. The largest absolute Gasteiger partial charge is 0.320 e. The van der Waals surface area contributed by atoms with Gasteiger partial charge >= 0.3 is 0 Å². The van der Waals surface area contributed by atoms with Crippen LogP contribution in [0.4, 0.5) is 0 Å². The summed E-state index contributed by atoms with van der Waals surface area (Å²) in [6.45, 7) is 11.8. The second-order valence-corrected chi connectivity index (χ2v) is 9.76. The third-order valence-electron chi connectivity index (χ3n) is 6.71. The molecule has 0 saturated carbocycles. The molecule has 0 fully saturated rings. The van der Waals surface area contributed by atoms with E-state index in [1.165, 1.54) is 55.9 Å². The van der Waals surface area contributed by atoms with Crippen LogP contribution in [0.2, 0.25) is 5.02 Å². The van der Waals surface area contributed by atoms with E-state index in [0.29, 0.717) is 0 Å². The van der Waals surface area contributed by atoms with Crippen molar-refractivity contribution in [2.75, 3.05) is 13.6 Å². The first-order chi connectivity index (χ1) is 16.6. The van der Waals surface area contributed by atoms with Crippen LogP contribution in [0.5, 0.6) is 0 Å². The van der Waals surface area contributed by atoms with Gasteiger partial charge < -0.3 is 9.88 Å². The summed E-state index contributed by atoms with van der Waals surface area (Å²) in [6, 6.07) is 13.1. The molecule has 0 unspecified atom stereocenters. The number of fused-ring (bicyclic) bond motifs is 1. The zero-order valence-corrected chi connectivity index (χ0v) is 21.9. The van der Waals surface area contributed by atoms with Crippen LogP contribution < -0.4 is 5.32 Å². The lowest BCUT2D eigenvalue weighted by molar-refractivity contribution is 0.592. The number of halogens is 1. The molecule has 0 aliphatic carbocycles. The topological polar surface area (TPSA) is 17.0 Å². The van der Waals surface area contributed by atoms with Crippen molar-refractivity contribution in [2.45, 2.75) is 71.1 Å². The average Bonchev–Trinajstić information content (AvgIpc) is 3.21. The number of rotatable bonds is 15. The molecule has 34 heavy (non-hydrogen) atoms. The predicted octanol–water partition coefficient (Wildman–Crippen LogP) is 9.37. The Morgan fingerprint density at radius 2 is 1.71 bits per heavy atom. The number of aryl methyl sites for hydroxylation is 1. The highest BCUT2D eigenvalue weighted by molar-refractivity contribution is 6.34. The first-order valence-electron chi connectivity index (χ1n) is 13.0. The summed E-state index contributed by atoms with van der Waals surface area (Å²) in [7, 11) is 2.00. The maximum absolute atomic E-state index is 6.82. The summed E-state index contributed by atoms with van der Waals surface area (Å²) in [4.78, 5) is 0. The lowest BCUT2D eigenvalue weighted by Crippen LogP contribution is -2.08. The molecule has 182 valence electrons. The van der Waals surface area contributed by atoms with Gasteiger partial charge in [-0.1, -0.05) is 101 Å². The number of hydrogen-bond acceptors (Lipinski definition) is 1. The van der Waals surface area contributed by atoms with E-state index >= 15 is 0 Å². The number of allylic oxidation sites excluding steroid dienone is 1. The van der Waals surface area contributed by atoms with E-state index in [1.807, 2.05) is 13.1 Å². The van der Waals surface area contributed by atoms with Gasteiger partial charge in [0, 0.05) is 22.8 Å². The molecule has 0 aliphatic heterocycles. The molecule has 1 aromatic heterocycles. The van der Waals surface area contributed by atoms with Crippen molar-refractivity contribution >= 4 is 34.3 Å².